The van der Waals surface area contributed by atoms with Crippen molar-refractivity contribution in [2.45, 2.75) is 0 Å². The van der Waals surface area contributed by atoms with Gasteiger partial charge in [0.1, 0.15) is 5.82 Å². The minimum Gasteiger partial charge on any atom is -0.398 e. The lowest BCUT2D eigenvalue weighted by molar-refractivity contribution is 0.631. The number of nitrogens with one attached hydrogen (secondary N) is 1. The molecule has 3 aromatic rings. The fourth-order valence-corrected chi connectivity index (χ4v) is 2.39. The van der Waals surface area contributed by atoms with E-state index in [1.165, 1.54) is 6.07 Å². The third-order valence-electron chi connectivity index (χ3n) is 3.05. The Morgan fingerprint density at radius 1 is 1.05 bits per heavy atom. The lowest BCUT2D eigenvalue weighted by atomic mass is 10.1. The zero-order chi connectivity index (χ0) is 14.1. The molecule has 0 amide bonds. The molecule has 0 aliphatic heterocycles. The van der Waals surface area contributed by atoms with Gasteiger partial charge < -0.3 is 11.1 Å². The number of nitrogens with zero attached hydrogens (tertiary/aromatic N) is 1. The topological polar surface area (TPSA) is 50.9 Å². The van der Waals surface area contributed by atoms with Crippen molar-refractivity contribution in [1.29, 1.82) is 0 Å². The predicted molar refractivity (Wildman–Crippen MR) is 83.5 cm³/mol. The average Bonchev–Trinajstić information content (AvgIpc) is 2.45. The minimum atomic E-state index is -0.321. The summed E-state index contributed by atoms with van der Waals surface area (Å²) in [6.07, 6.45) is 3.39. The number of halogens is 2. The molecular weight excluding hydrogens is 321 g/mol. The number of fused-ring (bicyclic) bond motifs is 1. The van der Waals surface area contributed by atoms with Crippen LogP contribution in [0.1, 0.15) is 0 Å². The van der Waals surface area contributed by atoms with Crippen molar-refractivity contribution >= 4 is 43.8 Å². The molecule has 0 saturated carbocycles. The molecular formula is C15H11BrFN3. The fraction of sp³-hybridized carbons (Fsp3) is 0. The van der Waals surface area contributed by atoms with Crippen LogP contribution in [0.5, 0.6) is 0 Å². The molecule has 1 heterocycles. The summed E-state index contributed by atoms with van der Waals surface area (Å²) in [5, 5.41) is 4.84. The van der Waals surface area contributed by atoms with Crippen LogP contribution in [-0.2, 0) is 0 Å². The average molecular weight is 332 g/mol. The number of aromatic nitrogens is 1. The highest BCUT2D eigenvalue weighted by atomic mass is 79.9. The first kappa shape index (κ1) is 12.9. The Morgan fingerprint density at radius 3 is 2.65 bits per heavy atom. The second-order valence-corrected chi connectivity index (χ2v) is 5.29. The quantitative estimate of drug-likeness (QED) is 0.681. The minimum absolute atomic E-state index is 0.321. The summed E-state index contributed by atoms with van der Waals surface area (Å²) < 4.78 is 14.6. The molecule has 1 aromatic heterocycles. The van der Waals surface area contributed by atoms with E-state index in [0.717, 1.165) is 16.5 Å². The smallest absolute Gasteiger partial charge is 0.147 e. The zero-order valence-electron chi connectivity index (χ0n) is 10.4. The van der Waals surface area contributed by atoms with Gasteiger partial charge in [0, 0.05) is 39.0 Å². The van der Waals surface area contributed by atoms with Gasteiger partial charge in [-0.2, -0.15) is 0 Å². The van der Waals surface area contributed by atoms with Crippen molar-refractivity contribution in [2.24, 2.45) is 0 Å². The maximum atomic E-state index is 13.9. The standard InChI is InChI=1S/C15H11BrFN3/c16-9-1-3-15(12(17)7-9)20-14-4-2-13(18)11-8-19-6-5-10(11)14/h1-8,20H,18H2. The third-order valence-corrected chi connectivity index (χ3v) is 3.55. The summed E-state index contributed by atoms with van der Waals surface area (Å²) >= 11 is 3.24. The van der Waals surface area contributed by atoms with Crippen molar-refractivity contribution in [2.75, 3.05) is 11.1 Å². The van der Waals surface area contributed by atoms with E-state index in [-0.39, 0.29) is 5.82 Å². The molecule has 0 unspecified atom stereocenters. The maximum absolute atomic E-state index is 13.9. The van der Waals surface area contributed by atoms with Gasteiger partial charge in [0.15, 0.2) is 0 Å². The van der Waals surface area contributed by atoms with Crippen molar-refractivity contribution in [3.05, 3.63) is 59.1 Å². The summed E-state index contributed by atoms with van der Waals surface area (Å²) in [6, 6.07) is 10.4. The van der Waals surface area contributed by atoms with E-state index in [2.05, 4.69) is 26.2 Å². The number of rotatable bonds is 2. The van der Waals surface area contributed by atoms with E-state index in [9.17, 15) is 4.39 Å². The zero-order valence-corrected chi connectivity index (χ0v) is 12.0. The van der Waals surface area contributed by atoms with E-state index >= 15 is 0 Å². The number of benzene rings is 2. The highest BCUT2D eigenvalue weighted by Gasteiger charge is 2.07. The van der Waals surface area contributed by atoms with Crippen LogP contribution in [0.4, 0.5) is 21.5 Å². The summed E-state index contributed by atoms with van der Waals surface area (Å²) in [7, 11) is 0. The molecule has 0 radical (unpaired) electrons. The first-order valence-corrected chi connectivity index (χ1v) is 6.79. The van der Waals surface area contributed by atoms with Crippen molar-refractivity contribution < 1.29 is 4.39 Å². The third kappa shape index (κ3) is 2.32. The van der Waals surface area contributed by atoms with E-state index in [1.54, 1.807) is 30.6 Å². The molecule has 3 N–H and O–H groups in total. The predicted octanol–water partition coefficient (Wildman–Crippen LogP) is 4.46. The van der Waals surface area contributed by atoms with Gasteiger partial charge in [-0.15, -0.1) is 0 Å². The molecule has 2 aromatic carbocycles. The van der Waals surface area contributed by atoms with Crippen LogP contribution in [0.15, 0.2) is 53.3 Å². The Bertz CT molecular complexity index is 789. The normalized spacial score (nSPS) is 10.7. The van der Waals surface area contributed by atoms with Crippen LogP contribution in [0.3, 0.4) is 0 Å². The summed E-state index contributed by atoms with van der Waals surface area (Å²) in [4.78, 5) is 4.06. The van der Waals surface area contributed by atoms with E-state index < -0.39 is 0 Å². The van der Waals surface area contributed by atoms with Crippen LogP contribution >= 0.6 is 15.9 Å². The molecule has 0 aliphatic carbocycles. The fourth-order valence-electron chi connectivity index (χ4n) is 2.06. The SMILES string of the molecule is Nc1ccc(Nc2ccc(Br)cc2F)c2ccncc12. The molecule has 100 valence electrons. The van der Waals surface area contributed by atoms with E-state index in [4.69, 9.17) is 5.73 Å². The number of hydrogen-bond acceptors (Lipinski definition) is 3. The molecule has 0 saturated heterocycles. The summed E-state index contributed by atoms with van der Waals surface area (Å²) in [5.74, 6) is -0.321. The van der Waals surface area contributed by atoms with Gasteiger partial charge >= 0.3 is 0 Å². The van der Waals surface area contributed by atoms with Crippen LogP contribution in [0.2, 0.25) is 0 Å². The van der Waals surface area contributed by atoms with Crippen molar-refractivity contribution in [3.8, 4) is 0 Å². The lowest BCUT2D eigenvalue weighted by Crippen LogP contribution is -1.96. The van der Waals surface area contributed by atoms with Crippen molar-refractivity contribution in [3.63, 3.8) is 0 Å². The monoisotopic (exact) mass is 331 g/mol. The Balaban J connectivity index is 2.09. The molecule has 0 atom stereocenters. The molecule has 0 fully saturated rings. The molecule has 3 rings (SSSR count). The Hall–Kier alpha value is -2.14. The van der Waals surface area contributed by atoms with Crippen LogP contribution in [0.25, 0.3) is 10.8 Å². The van der Waals surface area contributed by atoms with Gasteiger partial charge in [-0.1, -0.05) is 15.9 Å². The summed E-state index contributed by atoms with van der Waals surface area (Å²) in [5.41, 5.74) is 7.77. The number of hydrogen-bond donors (Lipinski definition) is 2. The summed E-state index contributed by atoms with van der Waals surface area (Å²) in [6.45, 7) is 0. The second-order valence-electron chi connectivity index (χ2n) is 4.37. The molecule has 20 heavy (non-hydrogen) atoms. The van der Waals surface area contributed by atoms with Crippen LogP contribution < -0.4 is 11.1 Å². The molecule has 0 spiro atoms. The van der Waals surface area contributed by atoms with E-state index in [1.807, 2.05) is 12.1 Å². The van der Waals surface area contributed by atoms with Crippen molar-refractivity contribution in [1.82, 2.24) is 4.98 Å². The largest absolute Gasteiger partial charge is 0.398 e. The number of nitrogen functional groups attached to an aromatic ring is 1. The van der Waals surface area contributed by atoms with Gasteiger partial charge in [0.2, 0.25) is 0 Å². The number of nitrogens with two attached hydrogens (primary N) is 1. The molecule has 3 nitrogen and oxygen atoms in total. The first-order chi connectivity index (χ1) is 9.65. The highest BCUT2D eigenvalue weighted by molar-refractivity contribution is 9.10. The van der Waals surface area contributed by atoms with E-state index in [0.29, 0.717) is 15.8 Å². The van der Waals surface area contributed by atoms with Gasteiger partial charge in [0.05, 0.1) is 5.69 Å². The molecule has 5 heteroatoms. The van der Waals surface area contributed by atoms with Crippen LogP contribution in [-0.4, -0.2) is 4.98 Å². The lowest BCUT2D eigenvalue weighted by Gasteiger charge is -2.12. The van der Waals surface area contributed by atoms with Gasteiger partial charge in [-0.25, -0.2) is 4.39 Å². The molecule has 0 bridgehead atoms. The Labute approximate surface area is 123 Å². The van der Waals surface area contributed by atoms with Gasteiger partial charge in [-0.3, -0.25) is 4.98 Å². The maximum Gasteiger partial charge on any atom is 0.147 e. The molecule has 0 aliphatic rings. The number of anilines is 3. The van der Waals surface area contributed by atoms with Crippen LogP contribution in [0, 0.1) is 5.82 Å². The Morgan fingerprint density at radius 2 is 1.85 bits per heavy atom. The first-order valence-electron chi connectivity index (χ1n) is 5.99. The van der Waals surface area contributed by atoms with Gasteiger partial charge in [0.25, 0.3) is 0 Å². The highest BCUT2D eigenvalue weighted by Crippen LogP contribution is 2.31. The second kappa shape index (κ2) is 5.09. The Kier molecular flexibility index (Phi) is 3.28. The number of pyridine rings is 1. The van der Waals surface area contributed by atoms with Gasteiger partial charge in [-0.05, 0) is 36.4 Å².